The Hall–Kier alpha value is -1.42. The number of aliphatic hydroxyl groups is 3. The molecule has 0 saturated heterocycles. The Labute approximate surface area is 136 Å². The first-order chi connectivity index (χ1) is 11.0. The van der Waals surface area contributed by atoms with E-state index in [0.717, 1.165) is 5.75 Å². The van der Waals surface area contributed by atoms with Gasteiger partial charge in [-0.15, -0.1) is 0 Å². The molecule has 124 valence electrons. The van der Waals surface area contributed by atoms with Crippen LogP contribution in [-0.2, 0) is 0 Å². The van der Waals surface area contributed by atoms with Crippen LogP contribution < -0.4 is 5.73 Å². The molecule has 5 N–H and O–H groups in total. The van der Waals surface area contributed by atoms with Crippen molar-refractivity contribution in [1.29, 1.82) is 0 Å². The van der Waals surface area contributed by atoms with Crippen molar-refractivity contribution in [1.82, 2.24) is 19.5 Å². The van der Waals surface area contributed by atoms with E-state index in [0.29, 0.717) is 28.6 Å². The van der Waals surface area contributed by atoms with E-state index in [4.69, 9.17) is 5.73 Å². The highest BCUT2D eigenvalue weighted by Gasteiger charge is 2.71. The predicted molar refractivity (Wildman–Crippen MR) is 84.8 cm³/mol. The number of rotatable bonds is 4. The predicted octanol–water partition coefficient (Wildman–Crippen LogP) is -0.204. The molecule has 5 atom stereocenters. The zero-order valence-electron chi connectivity index (χ0n) is 12.6. The molecule has 0 aliphatic heterocycles. The van der Waals surface area contributed by atoms with Crippen LogP contribution >= 0.6 is 11.8 Å². The maximum absolute atomic E-state index is 10.4. The van der Waals surface area contributed by atoms with Crippen LogP contribution in [0.1, 0.15) is 19.4 Å². The zero-order chi connectivity index (χ0) is 16.4. The summed E-state index contributed by atoms with van der Waals surface area (Å²) in [6.07, 6.45) is 0.367. The van der Waals surface area contributed by atoms with Gasteiger partial charge in [0.25, 0.3) is 0 Å². The lowest BCUT2D eigenvalue weighted by atomic mass is 10.0. The van der Waals surface area contributed by atoms with Gasteiger partial charge >= 0.3 is 0 Å². The SMILES string of the molecule is CCSc1nc(N)c2ncn([C@H]3C(O)[C@@H](O)[C@]4(CO)C[C@H]34)c2n1. The minimum absolute atomic E-state index is 0.00775. The molecule has 8 nitrogen and oxygen atoms in total. The smallest absolute Gasteiger partial charge is 0.191 e. The summed E-state index contributed by atoms with van der Waals surface area (Å²) in [6, 6.07) is -0.365. The van der Waals surface area contributed by atoms with Crippen LogP contribution in [0.4, 0.5) is 5.82 Å². The number of nitrogens with two attached hydrogens (primary N) is 1. The average molecular weight is 337 g/mol. The summed E-state index contributed by atoms with van der Waals surface area (Å²) in [4.78, 5) is 13.0. The molecule has 0 spiro atoms. The molecule has 2 aliphatic rings. The minimum atomic E-state index is -0.961. The quantitative estimate of drug-likeness (QED) is 0.445. The molecule has 0 bridgehead atoms. The van der Waals surface area contributed by atoms with Gasteiger partial charge in [0.05, 0.1) is 25.1 Å². The Balaban J connectivity index is 1.81. The molecule has 23 heavy (non-hydrogen) atoms. The van der Waals surface area contributed by atoms with Gasteiger partial charge in [-0.2, -0.15) is 0 Å². The van der Waals surface area contributed by atoms with Crippen molar-refractivity contribution >= 4 is 28.7 Å². The first-order valence-electron chi connectivity index (χ1n) is 7.63. The fourth-order valence-corrected chi connectivity index (χ4v) is 4.45. The van der Waals surface area contributed by atoms with Gasteiger partial charge in [0, 0.05) is 5.41 Å². The number of hydrogen-bond donors (Lipinski definition) is 4. The number of hydrogen-bond acceptors (Lipinski definition) is 8. The Morgan fingerprint density at radius 1 is 1.43 bits per heavy atom. The van der Waals surface area contributed by atoms with Crippen molar-refractivity contribution in [3.8, 4) is 0 Å². The zero-order valence-corrected chi connectivity index (χ0v) is 13.4. The summed E-state index contributed by atoms with van der Waals surface area (Å²) in [6.45, 7) is 1.87. The van der Waals surface area contributed by atoms with Gasteiger partial charge in [-0.05, 0) is 18.1 Å². The summed E-state index contributed by atoms with van der Waals surface area (Å²) in [5.41, 5.74) is 6.42. The monoisotopic (exact) mass is 337 g/mol. The molecule has 0 amide bonds. The van der Waals surface area contributed by atoms with Crippen molar-refractivity contribution < 1.29 is 15.3 Å². The van der Waals surface area contributed by atoms with Gasteiger partial charge < -0.3 is 25.6 Å². The topological polar surface area (TPSA) is 130 Å². The number of nitrogens with zero attached hydrogens (tertiary/aromatic N) is 4. The van der Waals surface area contributed by atoms with Crippen LogP contribution in [0.5, 0.6) is 0 Å². The summed E-state index contributed by atoms with van der Waals surface area (Å²) in [5, 5.41) is 30.9. The molecule has 2 fully saturated rings. The van der Waals surface area contributed by atoms with E-state index in [1.54, 1.807) is 10.9 Å². The second-order valence-electron chi connectivity index (χ2n) is 6.28. The number of nitrogen functional groups attached to an aromatic ring is 1. The number of aromatic nitrogens is 4. The van der Waals surface area contributed by atoms with E-state index in [1.165, 1.54) is 11.8 Å². The molecule has 1 unspecified atom stereocenters. The summed E-state index contributed by atoms with van der Waals surface area (Å²) >= 11 is 1.48. The van der Waals surface area contributed by atoms with Gasteiger partial charge in [0.15, 0.2) is 16.6 Å². The molecule has 2 saturated carbocycles. The molecule has 2 aliphatic carbocycles. The van der Waals surface area contributed by atoms with E-state index in [9.17, 15) is 15.3 Å². The van der Waals surface area contributed by atoms with Gasteiger partial charge in [0.2, 0.25) is 0 Å². The summed E-state index contributed by atoms with van der Waals surface area (Å²) in [7, 11) is 0. The highest BCUT2D eigenvalue weighted by atomic mass is 32.2. The fraction of sp³-hybridized carbons (Fsp3) is 0.643. The maximum atomic E-state index is 10.4. The van der Waals surface area contributed by atoms with Crippen LogP contribution in [0.25, 0.3) is 11.2 Å². The third-order valence-corrected chi connectivity index (χ3v) is 5.90. The van der Waals surface area contributed by atoms with Crippen LogP contribution in [-0.4, -0.2) is 59.4 Å². The molecule has 4 rings (SSSR count). The lowest BCUT2D eigenvalue weighted by Gasteiger charge is -2.23. The van der Waals surface area contributed by atoms with Crippen LogP contribution in [0.2, 0.25) is 0 Å². The second kappa shape index (κ2) is 5.04. The molecule has 0 aromatic carbocycles. The van der Waals surface area contributed by atoms with Gasteiger partial charge in [0.1, 0.15) is 11.6 Å². The molecular formula is C14H19N5O3S. The molecule has 2 aromatic heterocycles. The summed E-state index contributed by atoms with van der Waals surface area (Å²) < 4.78 is 1.77. The highest BCUT2D eigenvalue weighted by molar-refractivity contribution is 7.99. The third kappa shape index (κ3) is 1.94. The molecule has 0 radical (unpaired) electrons. The number of imidazole rings is 1. The van der Waals surface area contributed by atoms with E-state index in [2.05, 4.69) is 15.0 Å². The van der Waals surface area contributed by atoms with Crippen LogP contribution in [0, 0.1) is 11.3 Å². The third-order valence-electron chi connectivity index (χ3n) is 5.17. The molecular weight excluding hydrogens is 318 g/mol. The first-order valence-corrected chi connectivity index (χ1v) is 8.62. The first kappa shape index (κ1) is 15.1. The van der Waals surface area contributed by atoms with Crippen molar-refractivity contribution in [3.05, 3.63) is 6.33 Å². The average Bonchev–Trinajstić information content (AvgIpc) is 3.04. The van der Waals surface area contributed by atoms with Crippen LogP contribution in [0.15, 0.2) is 11.5 Å². The Morgan fingerprint density at radius 3 is 2.87 bits per heavy atom. The molecule has 9 heteroatoms. The van der Waals surface area contributed by atoms with Gasteiger partial charge in [-0.25, -0.2) is 15.0 Å². The minimum Gasteiger partial charge on any atom is -0.396 e. The van der Waals surface area contributed by atoms with E-state index in [1.807, 2.05) is 6.92 Å². The van der Waals surface area contributed by atoms with Gasteiger partial charge in [-0.3, -0.25) is 0 Å². The van der Waals surface area contributed by atoms with Gasteiger partial charge in [-0.1, -0.05) is 18.7 Å². The van der Waals surface area contributed by atoms with Crippen molar-refractivity contribution in [2.45, 2.75) is 36.8 Å². The summed E-state index contributed by atoms with van der Waals surface area (Å²) in [5.74, 6) is 1.13. The maximum Gasteiger partial charge on any atom is 0.191 e. The normalized spacial score (nSPS) is 35.7. The van der Waals surface area contributed by atoms with Crippen molar-refractivity contribution in [2.75, 3.05) is 18.1 Å². The van der Waals surface area contributed by atoms with E-state index >= 15 is 0 Å². The largest absolute Gasteiger partial charge is 0.396 e. The highest BCUT2D eigenvalue weighted by Crippen LogP contribution is 2.67. The Kier molecular flexibility index (Phi) is 3.31. The van der Waals surface area contributed by atoms with Crippen LogP contribution in [0.3, 0.4) is 0 Å². The number of anilines is 1. The van der Waals surface area contributed by atoms with Crippen molar-refractivity contribution in [3.63, 3.8) is 0 Å². The Bertz CT molecular complexity index is 768. The Morgan fingerprint density at radius 2 is 2.22 bits per heavy atom. The van der Waals surface area contributed by atoms with Crippen molar-refractivity contribution in [2.24, 2.45) is 11.3 Å². The molecule has 2 aromatic rings. The number of fused-ring (bicyclic) bond motifs is 2. The van der Waals surface area contributed by atoms with E-state index < -0.39 is 17.6 Å². The fourth-order valence-electron chi connectivity index (χ4n) is 3.88. The van der Waals surface area contributed by atoms with E-state index in [-0.39, 0.29) is 18.6 Å². The second-order valence-corrected chi connectivity index (χ2v) is 7.51. The standard InChI is InChI=1S/C14H19N5O3S/c1-2-23-13-17-11(15)7-12(18-13)19(5-16-7)8-6-3-14(6,4-20)10(22)9(8)21/h5-6,8-10,20-22H,2-4H2,1H3,(H2,15,17,18)/t6-,8-,9?,10-,14+/m1/s1. The lowest BCUT2D eigenvalue weighted by molar-refractivity contribution is -0.0300. The number of aliphatic hydroxyl groups excluding tert-OH is 3. The number of thioether (sulfide) groups is 1. The molecule has 2 heterocycles. The lowest BCUT2D eigenvalue weighted by Crippen LogP contribution is -2.35.